The zero-order valence-corrected chi connectivity index (χ0v) is 12.2. The summed E-state index contributed by atoms with van der Waals surface area (Å²) in [7, 11) is 1.81. The number of hydrogen-bond donors (Lipinski definition) is 0. The van der Waals surface area contributed by atoms with Gasteiger partial charge in [0.25, 0.3) is 0 Å². The molecule has 0 radical (unpaired) electrons. The normalized spacial score (nSPS) is 10.3. The van der Waals surface area contributed by atoms with E-state index in [4.69, 9.17) is 11.6 Å². The largest absolute Gasteiger partial charge is 0.341 e. The minimum atomic E-state index is 0.119. The van der Waals surface area contributed by atoms with Crippen molar-refractivity contribution >= 4 is 17.5 Å². The van der Waals surface area contributed by atoms with E-state index in [1.54, 1.807) is 17.3 Å². The van der Waals surface area contributed by atoms with E-state index in [1.807, 2.05) is 43.4 Å². The number of carbonyl (C=O) groups excluding carboxylic acids is 1. The summed E-state index contributed by atoms with van der Waals surface area (Å²) in [5.41, 5.74) is 2.12. The molecule has 0 aliphatic heterocycles. The van der Waals surface area contributed by atoms with Crippen LogP contribution in [0.25, 0.3) is 0 Å². The molecule has 104 valence electrons. The van der Waals surface area contributed by atoms with E-state index in [0.717, 1.165) is 11.1 Å². The molecule has 2 rings (SSSR count). The quantitative estimate of drug-likeness (QED) is 0.845. The minimum Gasteiger partial charge on any atom is -0.341 e. The first-order valence-corrected chi connectivity index (χ1v) is 6.90. The third-order valence-corrected chi connectivity index (χ3v) is 3.32. The monoisotopic (exact) mass is 288 g/mol. The molecule has 0 bridgehead atoms. The highest BCUT2D eigenvalue weighted by Crippen LogP contribution is 2.13. The number of nitrogens with zero attached hydrogens (tertiary/aromatic N) is 2. The highest BCUT2D eigenvalue weighted by atomic mass is 35.5. The van der Waals surface area contributed by atoms with E-state index in [0.29, 0.717) is 24.4 Å². The fourth-order valence-electron chi connectivity index (χ4n) is 1.99. The average Bonchev–Trinajstić information content (AvgIpc) is 2.46. The van der Waals surface area contributed by atoms with Gasteiger partial charge in [-0.15, -0.1) is 0 Å². The lowest BCUT2D eigenvalue weighted by Gasteiger charge is -2.17. The summed E-state index contributed by atoms with van der Waals surface area (Å²) in [5.74, 6) is 0.119. The van der Waals surface area contributed by atoms with Gasteiger partial charge in [0.1, 0.15) is 0 Å². The van der Waals surface area contributed by atoms with Crippen molar-refractivity contribution in [1.29, 1.82) is 0 Å². The highest BCUT2D eigenvalue weighted by molar-refractivity contribution is 6.30. The maximum Gasteiger partial charge on any atom is 0.222 e. The molecule has 0 spiro atoms. The topological polar surface area (TPSA) is 33.2 Å². The van der Waals surface area contributed by atoms with Gasteiger partial charge in [-0.3, -0.25) is 9.78 Å². The first kappa shape index (κ1) is 14.5. The molecule has 0 saturated carbocycles. The van der Waals surface area contributed by atoms with E-state index in [1.165, 1.54) is 0 Å². The van der Waals surface area contributed by atoms with Crippen LogP contribution in [0, 0.1) is 0 Å². The number of rotatable bonds is 5. The maximum absolute atomic E-state index is 12.1. The molecule has 20 heavy (non-hydrogen) atoms. The molecule has 3 nitrogen and oxygen atoms in total. The third kappa shape index (κ3) is 4.35. The Morgan fingerprint density at radius 1 is 1.25 bits per heavy atom. The molecular formula is C16H17ClN2O. The molecule has 0 aliphatic carbocycles. The lowest BCUT2D eigenvalue weighted by Crippen LogP contribution is -2.26. The molecule has 1 aromatic heterocycles. The fraction of sp³-hybridized carbons (Fsp3) is 0.250. The van der Waals surface area contributed by atoms with Gasteiger partial charge in [-0.05, 0) is 35.7 Å². The van der Waals surface area contributed by atoms with Crippen molar-refractivity contribution in [2.75, 3.05) is 7.05 Å². The molecule has 0 atom stereocenters. The lowest BCUT2D eigenvalue weighted by molar-refractivity contribution is -0.130. The molecular weight excluding hydrogens is 272 g/mol. The van der Waals surface area contributed by atoms with E-state index in [2.05, 4.69) is 4.98 Å². The Morgan fingerprint density at radius 3 is 2.75 bits per heavy atom. The summed E-state index contributed by atoms with van der Waals surface area (Å²) in [5, 5.41) is 0.707. The summed E-state index contributed by atoms with van der Waals surface area (Å²) >= 11 is 5.93. The predicted molar refractivity (Wildman–Crippen MR) is 80.5 cm³/mol. The van der Waals surface area contributed by atoms with E-state index in [-0.39, 0.29) is 5.91 Å². The van der Waals surface area contributed by atoms with Crippen LogP contribution in [0.15, 0.2) is 48.8 Å². The summed E-state index contributed by atoms with van der Waals surface area (Å²) in [6.45, 7) is 0.586. The minimum absolute atomic E-state index is 0.119. The Kier molecular flexibility index (Phi) is 5.13. The summed E-state index contributed by atoms with van der Waals surface area (Å²) in [6.07, 6.45) is 4.69. The van der Waals surface area contributed by atoms with Crippen LogP contribution in [0.2, 0.25) is 5.02 Å². The average molecular weight is 289 g/mol. The van der Waals surface area contributed by atoms with Gasteiger partial charge in [0.05, 0.1) is 0 Å². The molecule has 1 aromatic carbocycles. The van der Waals surface area contributed by atoms with Crippen molar-refractivity contribution in [3.8, 4) is 0 Å². The molecule has 0 aliphatic rings. The molecule has 4 heteroatoms. The van der Waals surface area contributed by atoms with Crippen LogP contribution in [0.4, 0.5) is 0 Å². The number of amides is 1. The Bertz CT molecular complexity index is 572. The van der Waals surface area contributed by atoms with Gasteiger partial charge in [0.15, 0.2) is 0 Å². The van der Waals surface area contributed by atoms with Crippen LogP contribution in [0.3, 0.4) is 0 Å². The lowest BCUT2D eigenvalue weighted by atomic mass is 10.1. The van der Waals surface area contributed by atoms with Gasteiger partial charge in [0, 0.05) is 37.4 Å². The van der Waals surface area contributed by atoms with Crippen molar-refractivity contribution in [3.63, 3.8) is 0 Å². The van der Waals surface area contributed by atoms with E-state index < -0.39 is 0 Å². The van der Waals surface area contributed by atoms with E-state index >= 15 is 0 Å². The smallest absolute Gasteiger partial charge is 0.222 e. The number of aryl methyl sites for hydroxylation is 1. The van der Waals surface area contributed by atoms with Crippen LogP contribution in [0.5, 0.6) is 0 Å². The van der Waals surface area contributed by atoms with Gasteiger partial charge in [-0.2, -0.15) is 0 Å². The molecule has 0 unspecified atom stereocenters. The summed E-state index contributed by atoms with van der Waals surface area (Å²) < 4.78 is 0. The van der Waals surface area contributed by atoms with Crippen molar-refractivity contribution < 1.29 is 4.79 Å². The fourth-order valence-corrected chi connectivity index (χ4v) is 2.20. The Balaban J connectivity index is 1.85. The summed E-state index contributed by atoms with van der Waals surface area (Å²) in [4.78, 5) is 17.8. The van der Waals surface area contributed by atoms with Gasteiger partial charge in [-0.25, -0.2) is 0 Å². The van der Waals surface area contributed by atoms with Gasteiger partial charge in [0.2, 0.25) is 5.91 Å². The SMILES string of the molecule is CN(Cc1cccnc1)C(=O)CCc1cccc(Cl)c1. The van der Waals surface area contributed by atoms with Crippen molar-refractivity contribution in [3.05, 3.63) is 64.9 Å². The number of aromatic nitrogens is 1. The summed E-state index contributed by atoms with van der Waals surface area (Å²) in [6, 6.07) is 11.5. The molecule has 0 fully saturated rings. The number of hydrogen-bond acceptors (Lipinski definition) is 2. The van der Waals surface area contributed by atoms with Crippen LogP contribution < -0.4 is 0 Å². The number of halogens is 1. The zero-order chi connectivity index (χ0) is 14.4. The van der Waals surface area contributed by atoms with Crippen molar-refractivity contribution in [2.24, 2.45) is 0 Å². The second-order valence-corrected chi connectivity index (χ2v) is 5.18. The predicted octanol–water partition coefficient (Wildman–Crippen LogP) is 3.33. The van der Waals surface area contributed by atoms with Crippen LogP contribution in [-0.4, -0.2) is 22.8 Å². The van der Waals surface area contributed by atoms with Crippen LogP contribution in [-0.2, 0) is 17.8 Å². The molecule has 1 heterocycles. The molecule has 2 aromatic rings. The molecule has 0 N–H and O–H groups in total. The van der Waals surface area contributed by atoms with E-state index in [9.17, 15) is 4.79 Å². The number of pyridine rings is 1. The first-order valence-electron chi connectivity index (χ1n) is 6.52. The third-order valence-electron chi connectivity index (χ3n) is 3.08. The first-order chi connectivity index (χ1) is 9.65. The second kappa shape index (κ2) is 7.06. The number of benzene rings is 1. The van der Waals surface area contributed by atoms with Gasteiger partial charge >= 0.3 is 0 Å². The zero-order valence-electron chi connectivity index (χ0n) is 11.4. The maximum atomic E-state index is 12.1. The Hall–Kier alpha value is -1.87. The van der Waals surface area contributed by atoms with Crippen LogP contribution >= 0.6 is 11.6 Å². The standard InChI is InChI=1S/C16H17ClN2O/c1-19(12-14-5-3-9-18-11-14)16(20)8-7-13-4-2-6-15(17)10-13/h2-6,9-11H,7-8,12H2,1H3. The van der Waals surface area contributed by atoms with Crippen molar-refractivity contribution in [1.82, 2.24) is 9.88 Å². The number of carbonyl (C=O) groups is 1. The Labute approximate surface area is 124 Å². The van der Waals surface area contributed by atoms with Gasteiger partial charge in [-0.1, -0.05) is 29.8 Å². The van der Waals surface area contributed by atoms with Gasteiger partial charge < -0.3 is 4.90 Å². The van der Waals surface area contributed by atoms with Crippen LogP contribution in [0.1, 0.15) is 17.5 Å². The van der Waals surface area contributed by atoms with Crippen molar-refractivity contribution in [2.45, 2.75) is 19.4 Å². The second-order valence-electron chi connectivity index (χ2n) is 4.74. The molecule has 0 saturated heterocycles. The Morgan fingerprint density at radius 2 is 2.05 bits per heavy atom. The highest BCUT2D eigenvalue weighted by Gasteiger charge is 2.09. The molecule has 1 amide bonds.